The second-order valence-electron chi connectivity index (χ2n) is 6.16. The Labute approximate surface area is 87.9 Å². The largest absolute Gasteiger partial charge is 0.306 e. The third kappa shape index (κ3) is 1.05. The van der Waals surface area contributed by atoms with E-state index in [4.69, 9.17) is 0 Å². The minimum absolute atomic E-state index is 0.741. The van der Waals surface area contributed by atoms with Gasteiger partial charge in [-0.2, -0.15) is 0 Å². The van der Waals surface area contributed by atoms with Gasteiger partial charge in [0.2, 0.25) is 0 Å². The molecule has 14 heavy (non-hydrogen) atoms. The average Bonchev–Trinajstić information content (AvgIpc) is 2.56. The first-order valence-electron chi connectivity index (χ1n) is 6.40. The van der Waals surface area contributed by atoms with E-state index in [9.17, 15) is 0 Å². The Balaban J connectivity index is 1.93. The number of nitrogens with zero attached hydrogens (tertiary/aromatic N) is 1. The van der Waals surface area contributed by atoms with Crippen LogP contribution in [0.1, 0.15) is 39.0 Å². The fraction of sp³-hybridized carbons (Fsp3) is 1.00. The monoisotopic (exact) mass is 193 g/mol. The van der Waals surface area contributed by atoms with E-state index in [1.807, 2.05) is 0 Å². The maximum absolute atomic E-state index is 2.62. The highest BCUT2D eigenvalue weighted by Crippen LogP contribution is 2.61. The van der Waals surface area contributed by atoms with Crippen LogP contribution in [0.2, 0.25) is 0 Å². The Morgan fingerprint density at radius 1 is 0.929 bits per heavy atom. The molecule has 3 rings (SSSR count). The first kappa shape index (κ1) is 9.21. The maximum Gasteiger partial charge on any atom is 0.00120 e. The zero-order valence-electron chi connectivity index (χ0n) is 9.63. The predicted octanol–water partition coefficient (Wildman–Crippen LogP) is 2.76. The van der Waals surface area contributed by atoms with Crippen LogP contribution in [-0.2, 0) is 0 Å². The van der Waals surface area contributed by atoms with E-state index in [2.05, 4.69) is 18.9 Å². The molecule has 0 bridgehead atoms. The second kappa shape index (κ2) is 2.98. The molecule has 0 radical (unpaired) electrons. The molecule has 1 aliphatic heterocycles. The fourth-order valence-corrected chi connectivity index (χ4v) is 4.78. The fourth-order valence-electron chi connectivity index (χ4n) is 4.78. The summed E-state index contributed by atoms with van der Waals surface area (Å²) in [5, 5.41) is 0. The van der Waals surface area contributed by atoms with Crippen molar-refractivity contribution in [3.63, 3.8) is 0 Å². The Bertz CT molecular complexity index is 237. The highest BCUT2D eigenvalue weighted by molar-refractivity contribution is 5.05. The molecule has 1 heteroatoms. The zero-order valence-corrected chi connectivity index (χ0v) is 9.63. The predicted molar refractivity (Wildman–Crippen MR) is 59.2 cm³/mol. The molecule has 80 valence electrons. The van der Waals surface area contributed by atoms with Crippen LogP contribution in [0.25, 0.3) is 0 Å². The lowest BCUT2D eigenvalue weighted by molar-refractivity contribution is 0.125. The summed E-state index contributed by atoms with van der Waals surface area (Å²) >= 11 is 0. The van der Waals surface area contributed by atoms with Crippen LogP contribution >= 0.6 is 0 Å². The molecular weight excluding hydrogens is 170 g/mol. The smallest absolute Gasteiger partial charge is 0.00120 e. The number of likely N-dealkylation sites (tertiary alicyclic amines) is 1. The SMILES string of the molecule is CN1CCC2CCC3CCC(C1)C32C. The van der Waals surface area contributed by atoms with E-state index in [0.29, 0.717) is 0 Å². The summed E-state index contributed by atoms with van der Waals surface area (Å²) in [6, 6.07) is 0. The number of hydrogen-bond donors (Lipinski definition) is 0. The van der Waals surface area contributed by atoms with Crippen LogP contribution in [0.15, 0.2) is 0 Å². The third-order valence-corrected chi connectivity index (χ3v) is 5.76. The van der Waals surface area contributed by atoms with Crippen molar-refractivity contribution in [2.45, 2.75) is 39.0 Å². The van der Waals surface area contributed by atoms with Gasteiger partial charge in [-0.05, 0) is 68.9 Å². The van der Waals surface area contributed by atoms with Gasteiger partial charge in [0, 0.05) is 6.54 Å². The van der Waals surface area contributed by atoms with Crippen molar-refractivity contribution in [2.24, 2.45) is 23.2 Å². The first-order valence-corrected chi connectivity index (χ1v) is 6.40. The molecule has 4 atom stereocenters. The van der Waals surface area contributed by atoms with E-state index < -0.39 is 0 Å². The molecule has 1 saturated heterocycles. The molecule has 4 unspecified atom stereocenters. The highest BCUT2D eigenvalue weighted by atomic mass is 15.1. The van der Waals surface area contributed by atoms with Gasteiger partial charge >= 0.3 is 0 Å². The van der Waals surface area contributed by atoms with Crippen LogP contribution in [0.3, 0.4) is 0 Å². The molecule has 0 aromatic rings. The Kier molecular flexibility index (Phi) is 1.96. The van der Waals surface area contributed by atoms with Crippen molar-refractivity contribution in [1.29, 1.82) is 0 Å². The van der Waals surface area contributed by atoms with E-state index in [1.165, 1.54) is 38.8 Å². The van der Waals surface area contributed by atoms with Crippen molar-refractivity contribution in [3.8, 4) is 0 Å². The van der Waals surface area contributed by atoms with Crippen molar-refractivity contribution < 1.29 is 0 Å². The lowest BCUT2D eigenvalue weighted by Gasteiger charge is -2.36. The van der Waals surface area contributed by atoms with Crippen LogP contribution in [0.5, 0.6) is 0 Å². The molecule has 0 aromatic carbocycles. The second-order valence-corrected chi connectivity index (χ2v) is 6.16. The van der Waals surface area contributed by atoms with E-state index in [0.717, 1.165) is 23.2 Å². The Morgan fingerprint density at radius 2 is 1.50 bits per heavy atom. The summed E-state index contributed by atoms with van der Waals surface area (Å²) in [7, 11) is 2.32. The molecule has 0 N–H and O–H groups in total. The topological polar surface area (TPSA) is 3.24 Å². The molecular formula is C13H23N. The van der Waals surface area contributed by atoms with E-state index >= 15 is 0 Å². The lowest BCUT2D eigenvalue weighted by atomic mass is 9.69. The van der Waals surface area contributed by atoms with Gasteiger partial charge in [-0.1, -0.05) is 6.92 Å². The van der Waals surface area contributed by atoms with Crippen molar-refractivity contribution in [1.82, 2.24) is 4.90 Å². The molecule has 0 spiro atoms. The average molecular weight is 193 g/mol. The van der Waals surface area contributed by atoms with Crippen LogP contribution < -0.4 is 0 Å². The quantitative estimate of drug-likeness (QED) is 0.572. The molecule has 0 amide bonds. The van der Waals surface area contributed by atoms with Gasteiger partial charge in [-0.25, -0.2) is 0 Å². The van der Waals surface area contributed by atoms with Crippen LogP contribution in [-0.4, -0.2) is 25.0 Å². The summed E-state index contributed by atoms with van der Waals surface area (Å²) in [6.07, 6.45) is 7.60. The molecule has 1 heterocycles. The summed E-state index contributed by atoms with van der Waals surface area (Å²) in [5.74, 6) is 3.17. The van der Waals surface area contributed by atoms with E-state index in [1.54, 1.807) is 6.42 Å². The standard InChI is InChI=1S/C13H23N/c1-13-10-3-4-11(13)7-8-14(2)9-12(13)6-5-10/h10-12H,3-9H2,1-2H3. The van der Waals surface area contributed by atoms with Crippen LogP contribution in [0.4, 0.5) is 0 Å². The van der Waals surface area contributed by atoms with Gasteiger partial charge in [-0.3, -0.25) is 0 Å². The zero-order chi connectivity index (χ0) is 9.76. The van der Waals surface area contributed by atoms with E-state index in [-0.39, 0.29) is 0 Å². The van der Waals surface area contributed by atoms with Crippen molar-refractivity contribution in [2.75, 3.05) is 20.1 Å². The van der Waals surface area contributed by atoms with Gasteiger partial charge in [0.1, 0.15) is 0 Å². The molecule has 1 nitrogen and oxygen atoms in total. The van der Waals surface area contributed by atoms with Gasteiger partial charge in [-0.15, -0.1) is 0 Å². The summed E-state index contributed by atoms with van der Waals surface area (Å²) in [6.45, 7) is 5.35. The molecule has 2 aliphatic carbocycles. The number of rotatable bonds is 0. The summed E-state index contributed by atoms with van der Waals surface area (Å²) in [5.41, 5.74) is 0.741. The highest BCUT2D eigenvalue weighted by Gasteiger charge is 2.55. The van der Waals surface area contributed by atoms with Gasteiger partial charge in [0.05, 0.1) is 0 Å². The van der Waals surface area contributed by atoms with Gasteiger partial charge in [0.25, 0.3) is 0 Å². The Morgan fingerprint density at radius 3 is 2.21 bits per heavy atom. The molecule has 3 aliphatic rings. The lowest BCUT2D eigenvalue weighted by Crippen LogP contribution is -2.33. The summed E-state index contributed by atoms with van der Waals surface area (Å²) < 4.78 is 0. The Hall–Kier alpha value is -0.0400. The van der Waals surface area contributed by atoms with Gasteiger partial charge < -0.3 is 4.90 Å². The molecule has 3 fully saturated rings. The van der Waals surface area contributed by atoms with Crippen LogP contribution in [0, 0.1) is 23.2 Å². The minimum Gasteiger partial charge on any atom is -0.306 e. The minimum atomic E-state index is 0.741. The third-order valence-electron chi connectivity index (χ3n) is 5.76. The first-order chi connectivity index (χ1) is 6.71. The normalized spacial score (nSPS) is 53.1. The summed E-state index contributed by atoms with van der Waals surface area (Å²) in [4.78, 5) is 2.58. The number of hydrogen-bond acceptors (Lipinski definition) is 1. The maximum atomic E-state index is 2.62. The molecule has 2 saturated carbocycles. The van der Waals surface area contributed by atoms with Crippen molar-refractivity contribution in [3.05, 3.63) is 0 Å². The van der Waals surface area contributed by atoms with Gasteiger partial charge in [0.15, 0.2) is 0 Å². The van der Waals surface area contributed by atoms with Crippen molar-refractivity contribution >= 4 is 0 Å². The molecule has 0 aromatic heterocycles.